The van der Waals surface area contributed by atoms with Crippen molar-refractivity contribution in [1.82, 2.24) is 0 Å². The molecule has 0 heterocycles. The standard InChI is InChI=1S/C18H21BrClF3O3.C3H5ClF3OPS.C2H6/c1-10-8-13(19)9-14(26-20)15(10)11(2)16(24)17(25-3)6-4-12(5-7-17)18(21,22)23;1-9(4,10)8-2-3(5,6)7;1-2/h8-9,12,24H,4-7H2,1-3H3;2H2,1H3;1-2H3/b16-11-;;. The maximum Gasteiger partial charge on any atom is 0.412 e. The van der Waals surface area contributed by atoms with Crippen LogP contribution in [-0.4, -0.2) is 43.4 Å². The highest BCUT2D eigenvalue weighted by Gasteiger charge is 2.48. The fourth-order valence-corrected chi connectivity index (χ4v) is 5.21. The van der Waals surface area contributed by atoms with E-state index in [0.29, 0.717) is 16.9 Å². The van der Waals surface area contributed by atoms with Gasteiger partial charge in [-0.1, -0.05) is 52.8 Å². The van der Waals surface area contributed by atoms with E-state index in [4.69, 9.17) is 32.1 Å². The van der Waals surface area contributed by atoms with Gasteiger partial charge in [-0.15, -0.1) is 0 Å². The first-order valence-electron chi connectivity index (χ1n) is 11.4. The second-order valence-corrected chi connectivity index (χ2v) is 15.7. The molecule has 15 heteroatoms. The maximum absolute atomic E-state index is 13.0. The van der Waals surface area contributed by atoms with Crippen molar-refractivity contribution >= 4 is 62.0 Å². The van der Waals surface area contributed by atoms with E-state index in [1.54, 1.807) is 13.0 Å². The highest BCUT2D eigenvalue weighted by Crippen LogP contribution is 2.49. The Bertz CT molecular complexity index is 978. The third kappa shape index (κ3) is 12.1. The summed E-state index contributed by atoms with van der Waals surface area (Å²) in [5, 5.41) is 10.9. The molecule has 0 spiro atoms. The van der Waals surface area contributed by atoms with Crippen LogP contribution in [0.1, 0.15) is 57.6 Å². The fourth-order valence-electron chi connectivity index (χ4n) is 3.85. The fraction of sp³-hybridized carbons (Fsp3) is 0.652. The van der Waals surface area contributed by atoms with Gasteiger partial charge in [0.2, 0.25) is 0 Å². The molecule has 4 nitrogen and oxygen atoms in total. The Morgan fingerprint density at radius 2 is 1.68 bits per heavy atom. The zero-order chi connectivity index (χ0) is 30.1. The molecule has 0 aliphatic heterocycles. The minimum Gasteiger partial charge on any atom is -0.509 e. The van der Waals surface area contributed by atoms with Crippen molar-refractivity contribution in [3.63, 3.8) is 0 Å². The second-order valence-electron chi connectivity index (χ2n) is 8.30. The van der Waals surface area contributed by atoms with E-state index in [-0.39, 0.29) is 31.4 Å². The van der Waals surface area contributed by atoms with Gasteiger partial charge in [0.1, 0.15) is 35.5 Å². The summed E-state index contributed by atoms with van der Waals surface area (Å²) < 4.78 is 88.3. The van der Waals surface area contributed by atoms with Gasteiger partial charge < -0.3 is 18.7 Å². The van der Waals surface area contributed by atoms with E-state index < -0.39 is 36.1 Å². The zero-order valence-electron chi connectivity index (χ0n) is 21.7. The number of halogens is 9. The largest absolute Gasteiger partial charge is 0.509 e. The topological polar surface area (TPSA) is 47.9 Å². The van der Waals surface area contributed by atoms with Crippen molar-refractivity contribution in [2.45, 2.75) is 71.3 Å². The van der Waals surface area contributed by atoms with Crippen molar-refractivity contribution in [2.24, 2.45) is 5.92 Å². The van der Waals surface area contributed by atoms with Crippen LogP contribution in [0, 0.1) is 12.8 Å². The molecular formula is C23H32BrCl2F6O4PS. The Morgan fingerprint density at radius 3 is 2.03 bits per heavy atom. The molecule has 1 saturated carbocycles. The summed E-state index contributed by atoms with van der Waals surface area (Å²) in [6.45, 7) is 7.43. The van der Waals surface area contributed by atoms with Crippen LogP contribution in [0.15, 0.2) is 22.4 Å². The first kappa shape index (κ1) is 37.8. The SMILES string of the molecule is CC.COC1(/C(O)=C(\C)c2c(C)cc(Br)cc2OCl)CCC(C(F)(F)F)CC1.CP(=S)(Cl)OCC(F)(F)F. The summed E-state index contributed by atoms with van der Waals surface area (Å²) in [4.78, 5) is 0. The smallest absolute Gasteiger partial charge is 0.412 e. The molecule has 1 fully saturated rings. The van der Waals surface area contributed by atoms with E-state index in [1.807, 2.05) is 26.8 Å². The summed E-state index contributed by atoms with van der Waals surface area (Å²) in [5.41, 5.74) is -1.96. The molecular weight excluding hydrogens is 668 g/mol. The van der Waals surface area contributed by atoms with E-state index in [0.717, 1.165) is 10.0 Å². The first-order valence-corrected chi connectivity index (χ1v) is 16.5. The van der Waals surface area contributed by atoms with Crippen molar-refractivity contribution in [3.05, 3.63) is 33.5 Å². The van der Waals surface area contributed by atoms with Gasteiger partial charge in [-0.05, 0) is 57.2 Å². The molecule has 1 aromatic rings. The highest BCUT2D eigenvalue weighted by molar-refractivity contribution is 9.10. The number of benzene rings is 1. The lowest BCUT2D eigenvalue weighted by Crippen LogP contribution is -2.41. The van der Waals surface area contributed by atoms with Crippen LogP contribution >= 0.6 is 44.7 Å². The Balaban J connectivity index is 0.000000962. The summed E-state index contributed by atoms with van der Waals surface area (Å²) in [6, 6.07) is 3.50. The summed E-state index contributed by atoms with van der Waals surface area (Å²) in [5.74, 6) is -1.10. The Kier molecular flexibility index (Phi) is 15.6. The molecule has 38 heavy (non-hydrogen) atoms. The lowest BCUT2D eigenvalue weighted by molar-refractivity contribution is -0.193. The Morgan fingerprint density at radius 1 is 1.18 bits per heavy atom. The van der Waals surface area contributed by atoms with Gasteiger partial charge in [0, 0.05) is 29.4 Å². The van der Waals surface area contributed by atoms with Gasteiger partial charge in [0.25, 0.3) is 0 Å². The number of aliphatic hydroxyl groups is 1. The van der Waals surface area contributed by atoms with Crippen molar-refractivity contribution in [1.29, 1.82) is 0 Å². The van der Waals surface area contributed by atoms with Crippen molar-refractivity contribution in [3.8, 4) is 5.75 Å². The number of ether oxygens (including phenoxy) is 1. The van der Waals surface area contributed by atoms with Gasteiger partial charge in [-0.3, -0.25) is 0 Å². The Hall–Kier alpha value is -0.230. The minimum absolute atomic E-state index is 0.0824. The van der Waals surface area contributed by atoms with Crippen LogP contribution in [0.2, 0.25) is 0 Å². The minimum atomic E-state index is -4.34. The van der Waals surface area contributed by atoms with Crippen LogP contribution < -0.4 is 4.29 Å². The van der Waals surface area contributed by atoms with E-state index in [2.05, 4.69) is 32.3 Å². The summed E-state index contributed by atoms with van der Waals surface area (Å²) >= 11 is 18.6. The van der Waals surface area contributed by atoms with E-state index >= 15 is 0 Å². The number of rotatable bonds is 6. The zero-order valence-corrected chi connectivity index (χ0v) is 26.5. The van der Waals surface area contributed by atoms with E-state index in [9.17, 15) is 31.4 Å². The van der Waals surface area contributed by atoms with E-state index in [1.165, 1.54) is 13.8 Å². The normalized spacial score (nSPS) is 22.1. The van der Waals surface area contributed by atoms with Gasteiger partial charge in [-0.25, -0.2) is 0 Å². The van der Waals surface area contributed by atoms with Gasteiger partial charge in [0.15, 0.2) is 5.75 Å². The number of hydrogen-bond donors (Lipinski definition) is 1. The molecule has 0 saturated heterocycles. The van der Waals surface area contributed by atoms with Gasteiger partial charge in [-0.2, -0.15) is 26.3 Å². The van der Waals surface area contributed by atoms with Crippen LogP contribution in [0.5, 0.6) is 5.75 Å². The number of alkyl halides is 6. The van der Waals surface area contributed by atoms with Crippen molar-refractivity contribution < 1.29 is 45.0 Å². The molecule has 0 aromatic heterocycles. The second kappa shape index (κ2) is 15.7. The molecule has 1 N–H and O–H groups in total. The average Bonchev–Trinajstić information content (AvgIpc) is 2.81. The molecule has 1 aromatic carbocycles. The lowest BCUT2D eigenvalue weighted by atomic mass is 9.75. The lowest BCUT2D eigenvalue weighted by Gasteiger charge is -2.39. The van der Waals surface area contributed by atoms with Crippen LogP contribution in [0.25, 0.3) is 5.57 Å². The third-order valence-corrected chi connectivity index (χ3v) is 7.44. The van der Waals surface area contributed by atoms with Crippen LogP contribution in [-0.2, 0) is 21.1 Å². The quantitative estimate of drug-likeness (QED) is 0.182. The molecule has 1 aliphatic rings. The number of methoxy groups -OCH3 is 1. The number of allylic oxidation sites excluding steroid dienone is 1. The van der Waals surface area contributed by atoms with Crippen LogP contribution in [0.4, 0.5) is 26.3 Å². The van der Waals surface area contributed by atoms with Crippen molar-refractivity contribution in [2.75, 3.05) is 20.4 Å². The number of aryl methyl sites for hydroxylation is 1. The summed E-state index contributed by atoms with van der Waals surface area (Å²) in [6.07, 6.45) is -8.57. The molecule has 1 aliphatic carbocycles. The van der Waals surface area contributed by atoms with Crippen LogP contribution in [0.3, 0.4) is 0 Å². The van der Waals surface area contributed by atoms with Gasteiger partial charge >= 0.3 is 12.4 Å². The molecule has 0 bridgehead atoms. The number of aliphatic hydroxyl groups excluding tert-OH is 1. The summed E-state index contributed by atoms with van der Waals surface area (Å²) in [7, 11) is 1.41. The maximum atomic E-state index is 13.0. The highest BCUT2D eigenvalue weighted by atomic mass is 79.9. The Labute approximate surface area is 243 Å². The van der Waals surface area contributed by atoms with Gasteiger partial charge in [0.05, 0.1) is 5.92 Å². The molecule has 0 amide bonds. The first-order chi connectivity index (χ1) is 17.3. The average molecular weight is 700 g/mol. The number of hydrogen-bond acceptors (Lipinski definition) is 5. The third-order valence-electron chi connectivity index (χ3n) is 5.61. The molecule has 1 atom stereocenters. The molecule has 222 valence electrons. The monoisotopic (exact) mass is 698 g/mol. The predicted octanol–water partition coefficient (Wildman–Crippen LogP) is 10.5. The molecule has 1 unspecified atom stereocenters. The molecule has 2 rings (SSSR count). The predicted molar refractivity (Wildman–Crippen MR) is 148 cm³/mol. The molecule has 0 radical (unpaired) electrons.